The molecule has 1 unspecified atom stereocenters. The summed E-state index contributed by atoms with van der Waals surface area (Å²) in [5, 5.41) is 24.3. The van der Waals surface area contributed by atoms with Crippen molar-refractivity contribution in [3.63, 3.8) is 0 Å². The lowest BCUT2D eigenvalue weighted by Crippen LogP contribution is -2.42. The molecular weight excluding hydrogens is 470 g/mol. The van der Waals surface area contributed by atoms with Crippen molar-refractivity contribution in [2.75, 3.05) is 4.90 Å². The second kappa shape index (κ2) is 8.90. The minimum atomic E-state index is -0.417. The van der Waals surface area contributed by atoms with Crippen LogP contribution in [0.25, 0.3) is 0 Å². The topological polar surface area (TPSA) is 95.9 Å². The van der Waals surface area contributed by atoms with E-state index in [4.69, 9.17) is 5.73 Å². The molecule has 1 aliphatic heterocycles. The smallest absolute Gasteiger partial charge is 0.219 e. The quantitative estimate of drug-likeness (QED) is 0.556. The van der Waals surface area contributed by atoms with E-state index in [0.29, 0.717) is 40.2 Å². The first-order valence-electron chi connectivity index (χ1n) is 11.4. The number of thiophene rings is 1. The van der Waals surface area contributed by atoms with E-state index in [9.17, 15) is 10.1 Å². The van der Waals surface area contributed by atoms with Crippen molar-refractivity contribution in [3.8, 4) is 6.07 Å². The van der Waals surface area contributed by atoms with Crippen LogP contribution in [0.4, 0.5) is 5.13 Å². The first-order chi connectivity index (χ1) is 15.9. The standard InChI is InChI=1S/C24H27N5OS3/c1-24(2)10-17-20(18(30)11-24)19(14-8-9-31-13-14)16(12-25)21(26)29(17)22-27-28-23(33-22)32-15-6-4-3-5-7-15/h8-9,13,15,19H,3-7,10-11,26H2,1-2H3. The van der Waals surface area contributed by atoms with Gasteiger partial charge in [0.1, 0.15) is 5.82 Å². The third-order valence-corrected chi connectivity index (χ3v) is 9.70. The van der Waals surface area contributed by atoms with Gasteiger partial charge in [0.05, 0.1) is 17.6 Å². The van der Waals surface area contributed by atoms with Crippen molar-refractivity contribution in [2.24, 2.45) is 11.1 Å². The van der Waals surface area contributed by atoms with Crippen molar-refractivity contribution in [1.82, 2.24) is 10.2 Å². The van der Waals surface area contributed by atoms with Gasteiger partial charge in [-0.1, -0.05) is 56.2 Å². The maximum atomic E-state index is 13.5. The predicted octanol–water partition coefficient (Wildman–Crippen LogP) is 5.97. The van der Waals surface area contributed by atoms with Gasteiger partial charge in [0.15, 0.2) is 10.1 Å². The summed E-state index contributed by atoms with van der Waals surface area (Å²) in [7, 11) is 0. The number of nitrogens with two attached hydrogens (primary N) is 1. The van der Waals surface area contributed by atoms with Crippen molar-refractivity contribution in [1.29, 1.82) is 5.26 Å². The lowest BCUT2D eigenvalue weighted by molar-refractivity contribution is -0.118. The van der Waals surface area contributed by atoms with Crippen LogP contribution in [-0.2, 0) is 4.79 Å². The molecular formula is C24H27N5OS3. The molecule has 1 saturated carbocycles. The molecule has 0 saturated heterocycles. The molecule has 0 amide bonds. The number of carbonyl (C=O) groups excluding carboxylic acids is 1. The van der Waals surface area contributed by atoms with Crippen LogP contribution in [-0.4, -0.2) is 21.2 Å². The summed E-state index contributed by atoms with van der Waals surface area (Å²) in [5.41, 5.74) is 9.40. The van der Waals surface area contributed by atoms with Gasteiger partial charge in [0.25, 0.3) is 0 Å². The zero-order valence-corrected chi connectivity index (χ0v) is 21.3. The number of nitriles is 1. The number of aromatic nitrogens is 2. The van der Waals surface area contributed by atoms with Gasteiger partial charge in [0.2, 0.25) is 5.13 Å². The molecule has 3 aliphatic rings. The van der Waals surface area contributed by atoms with Crippen LogP contribution in [0.3, 0.4) is 0 Å². The van der Waals surface area contributed by atoms with E-state index in [2.05, 4.69) is 30.1 Å². The zero-order valence-electron chi connectivity index (χ0n) is 18.8. The molecule has 2 N–H and O–H groups in total. The highest BCUT2D eigenvalue weighted by Crippen LogP contribution is 2.51. The Bertz CT molecular complexity index is 1170. The summed E-state index contributed by atoms with van der Waals surface area (Å²) in [6, 6.07) is 4.30. The third kappa shape index (κ3) is 4.25. The highest BCUT2D eigenvalue weighted by Gasteiger charge is 2.45. The molecule has 0 spiro atoms. The van der Waals surface area contributed by atoms with Crippen LogP contribution in [0.15, 0.2) is 43.8 Å². The molecule has 2 aromatic rings. The lowest BCUT2D eigenvalue weighted by Gasteiger charge is -2.42. The van der Waals surface area contributed by atoms with Crippen LogP contribution in [0.5, 0.6) is 0 Å². The molecule has 2 aromatic heterocycles. The van der Waals surface area contributed by atoms with E-state index in [1.807, 2.05) is 21.7 Å². The maximum Gasteiger partial charge on any atom is 0.219 e. The second-order valence-electron chi connectivity index (χ2n) is 9.77. The fourth-order valence-electron chi connectivity index (χ4n) is 5.17. The Morgan fingerprint density at radius 2 is 2.03 bits per heavy atom. The number of Topliss-reactive ketones (excluding diaryl/α,β-unsaturated/α-hetero) is 1. The van der Waals surface area contributed by atoms with Gasteiger partial charge in [-0.05, 0) is 47.1 Å². The number of hydrogen-bond acceptors (Lipinski definition) is 9. The summed E-state index contributed by atoms with van der Waals surface area (Å²) < 4.78 is 0.923. The number of ketones is 1. The van der Waals surface area contributed by atoms with Crippen LogP contribution < -0.4 is 10.6 Å². The molecule has 0 bridgehead atoms. The first-order valence-corrected chi connectivity index (χ1v) is 14.0. The highest BCUT2D eigenvalue weighted by atomic mass is 32.2. The van der Waals surface area contributed by atoms with Gasteiger partial charge in [-0.15, -0.1) is 10.2 Å². The lowest BCUT2D eigenvalue weighted by atomic mass is 9.69. The van der Waals surface area contributed by atoms with Crippen LogP contribution in [0.2, 0.25) is 0 Å². The van der Waals surface area contributed by atoms with Gasteiger partial charge >= 0.3 is 0 Å². The molecule has 5 rings (SSSR count). The summed E-state index contributed by atoms with van der Waals surface area (Å²) in [4.78, 5) is 15.3. The van der Waals surface area contributed by atoms with Crippen molar-refractivity contribution < 1.29 is 4.79 Å². The Morgan fingerprint density at radius 3 is 2.73 bits per heavy atom. The van der Waals surface area contributed by atoms with Crippen molar-refractivity contribution in [2.45, 2.75) is 74.3 Å². The van der Waals surface area contributed by atoms with E-state index in [0.717, 1.165) is 15.6 Å². The number of carbonyl (C=O) groups is 1. The molecule has 0 radical (unpaired) electrons. The van der Waals surface area contributed by atoms with E-state index in [1.54, 1.807) is 23.1 Å². The van der Waals surface area contributed by atoms with E-state index in [1.165, 1.54) is 43.4 Å². The molecule has 9 heteroatoms. The molecule has 0 aromatic carbocycles. The van der Waals surface area contributed by atoms with E-state index in [-0.39, 0.29) is 11.2 Å². The van der Waals surface area contributed by atoms with Crippen molar-refractivity contribution in [3.05, 3.63) is 45.1 Å². The Morgan fingerprint density at radius 1 is 1.24 bits per heavy atom. The molecule has 33 heavy (non-hydrogen) atoms. The molecule has 1 fully saturated rings. The van der Waals surface area contributed by atoms with Crippen LogP contribution >= 0.6 is 34.4 Å². The number of nitrogens with zero attached hydrogens (tertiary/aromatic N) is 4. The third-order valence-electron chi connectivity index (χ3n) is 6.66. The van der Waals surface area contributed by atoms with E-state index < -0.39 is 5.92 Å². The fraction of sp³-hybridized carbons (Fsp3) is 0.500. The largest absolute Gasteiger partial charge is 0.384 e. The van der Waals surface area contributed by atoms with Crippen LogP contribution in [0.1, 0.15) is 70.3 Å². The van der Waals surface area contributed by atoms with Crippen molar-refractivity contribution >= 4 is 45.4 Å². The number of anilines is 1. The zero-order chi connectivity index (χ0) is 23.2. The molecule has 172 valence electrons. The second-order valence-corrected chi connectivity index (χ2v) is 13.0. The monoisotopic (exact) mass is 497 g/mol. The predicted molar refractivity (Wildman–Crippen MR) is 134 cm³/mol. The number of allylic oxidation sites excluding steroid dienone is 3. The Kier molecular flexibility index (Phi) is 6.10. The molecule has 6 nitrogen and oxygen atoms in total. The number of thioether (sulfide) groups is 1. The molecule has 1 atom stereocenters. The summed E-state index contributed by atoms with van der Waals surface area (Å²) in [5.74, 6) is 0.0347. The van der Waals surface area contributed by atoms with Crippen LogP contribution in [0, 0.1) is 16.7 Å². The highest BCUT2D eigenvalue weighted by molar-refractivity contribution is 8.01. The molecule has 2 aliphatic carbocycles. The minimum Gasteiger partial charge on any atom is -0.384 e. The maximum absolute atomic E-state index is 13.5. The Labute approximate surface area is 206 Å². The summed E-state index contributed by atoms with van der Waals surface area (Å²) in [6.07, 6.45) is 7.43. The number of hydrogen-bond donors (Lipinski definition) is 1. The van der Waals surface area contributed by atoms with Gasteiger partial charge in [-0.3, -0.25) is 9.69 Å². The summed E-state index contributed by atoms with van der Waals surface area (Å²) >= 11 is 4.87. The normalized spacial score (nSPS) is 23.6. The number of rotatable bonds is 4. The average Bonchev–Trinajstić information content (AvgIpc) is 3.45. The first kappa shape index (κ1) is 22.6. The summed E-state index contributed by atoms with van der Waals surface area (Å²) in [6.45, 7) is 4.22. The SMILES string of the molecule is CC1(C)CC(=O)C2=C(C1)N(c1nnc(SC3CCCCC3)s1)C(N)=C(C#N)C2c1ccsc1. The van der Waals surface area contributed by atoms with Gasteiger partial charge in [-0.25, -0.2) is 0 Å². The molecule has 3 heterocycles. The van der Waals surface area contributed by atoms with Gasteiger partial charge < -0.3 is 5.73 Å². The minimum absolute atomic E-state index is 0.0871. The van der Waals surface area contributed by atoms with E-state index >= 15 is 0 Å². The Hall–Kier alpha value is -2.15. The van der Waals surface area contributed by atoms with Gasteiger partial charge in [0, 0.05) is 22.9 Å². The Balaban J connectivity index is 1.58. The fourth-order valence-corrected chi connectivity index (χ4v) is 8.24. The average molecular weight is 498 g/mol. The van der Waals surface area contributed by atoms with Gasteiger partial charge in [-0.2, -0.15) is 16.6 Å².